The van der Waals surface area contributed by atoms with Crippen molar-refractivity contribution in [3.05, 3.63) is 0 Å². The fraction of sp³-hybridized carbons (Fsp3) is 0. The largest absolute Gasteiger partial charge is 1.00 e. The van der Waals surface area contributed by atoms with E-state index in [4.69, 9.17) is 31.6 Å². The first kappa shape index (κ1) is 32.8. The van der Waals surface area contributed by atoms with Crippen LogP contribution in [0.1, 0.15) is 0 Å². The van der Waals surface area contributed by atoms with Crippen LogP contribution in [0, 0.1) is 61.4 Å². The molecule has 0 amide bonds. The Hall–Kier alpha value is 4.00. The van der Waals surface area contributed by atoms with Crippen LogP contribution >= 0.6 is 0 Å². The molecule has 0 N–H and O–H groups in total. The second-order valence-electron chi connectivity index (χ2n) is 1.54. The number of hydrogen-bond acceptors (Lipinski definition) is 6. The van der Waals surface area contributed by atoms with Gasteiger partial charge in [-0.15, -0.1) is 0 Å². The monoisotopic (exact) mass is 375 g/mol. The molecule has 6 nitrogen and oxygen atoms in total. The van der Waals surface area contributed by atoms with Crippen LogP contribution in [-0.4, -0.2) is 0 Å². The SMILES string of the molecule is N#[C][Cu-4]([C]#N)([C]#N)([C]#N)([C]#N)[C]#N.[K+].[K+].[K+].[K+]. The normalized spacial score (nSPS) is 10.2. The fourth-order valence-electron chi connectivity index (χ4n) is 0.226. The Bertz CT molecular complexity index is 400. The molecular weight excluding hydrogens is 376 g/mol. The zero-order valence-corrected chi connectivity index (χ0v) is 23.4. The number of hydrogen-bond donors (Lipinski definition) is 0. The molecule has 0 unspecified atom stereocenters. The zero-order chi connectivity index (χ0) is 10.7. The summed E-state index contributed by atoms with van der Waals surface area (Å²) >= 11 is 0. The Balaban J connectivity index is -0.000000120. The summed E-state index contributed by atoms with van der Waals surface area (Å²) in [6.07, 6.45) is 0. The summed E-state index contributed by atoms with van der Waals surface area (Å²) in [5.41, 5.74) is 0. The molecule has 0 rings (SSSR count). The third-order valence-corrected chi connectivity index (χ3v) is 4.17. The topological polar surface area (TPSA) is 143 Å². The zero-order valence-electron chi connectivity index (χ0n) is 9.98. The standard InChI is InChI=1S/6CN.Cu.4K/c6*1-2;;;;;/q;;;;;;-4;4*+1. The van der Waals surface area contributed by atoms with Gasteiger partial charge in [0, 0.05) is 0 Å². The van der Waals surface area contributed by atoms with Crippen LogP contribution in [-0.2, 0) is 10.7 Å². The molecule has 0 bridgehead atoms. The maximum atomic E-state index is 8.57. The molecule has 0 radical (unpaired) electrons. The van der Waals surface area contributed by atoms with Crippen LogP contribution in [0.25, 0.3) is 0 Å². The predicted octanol–water partition coefficient (Wildman–Crippen LogP) is -11.9. The van der Waals surface area contributed by atoms with Gasteiger partial charge < -0.3 is 0 Å². The van der Waals surface area contributed by atoms with Gasteiger partial charge in [0.1, 0.15) is 0 Å². The summed E-state index contributed by atoms with van der Waals surface area (Å²) in [5, 5.41) is 51.4. The number of nitriles is 6. The van der Waals surface area contributed by atoms with Crippen LogP contribution in [0.3, 0.4) is 0 Å². The first-order valence-electron chi connectivity index (χ1n) is 2.25. The molecule has 17 heavy (non-hydrogen) atoms. The van der Waals surface area contributed by atoms with Gasteiger partial charge >= 0.3 is 278 Å². The van der Waals surface area contributed by atoms with Gasteiger partial charge in [-0.25, -0.2) is 0 Å². The van der Waals surface area contributed by atoms with Crippen LogP contribution in [0.5, 0.6) is 0 Å². The Morgan fingerprint density at radius 2 is 0.529 bits per heavy atom. The van der Waals surface area contributed by atoms with Crippen molar-refractivity contribution in [1.29, 1.82) is 31.6 Å². The van der Waals surface area contributed by atoms with E-state index in [-0.39, 0.29) is 206 Å². The van der Waals surface area contributed by atoms with Crippen molar-refractivity contribution in [2.24, 2.45) is 0 Å². The summed E-state index contributed by atoms with van der Waals surface area (Å²) in [4.78, 5) is 6.00. The first-order valence-corrected chi connectivity index (χ1v) is 5.07. The summed E-state index contributed by atoms with van der Waals surface area (Å²) < 4.78 is 0. The quantitative estimate of drug-likeness (QED) is 0.384. The van der Waals surface area contributed by atoms with Gasteiger partial charge in [0.15, 0.2) is 0 Å². The summed E-state index contributed by atoms with van der Waals surface area (Å²) in [7, 11) is -5.77. The average Bonchev–Trinajstić information content (AvgIpc) is 2.26. The average molecular weight is 376 g/mol. The minimum absolute atomic E-state index is 0. The van der Waals surface area contributed by atoms with E-state index < -0.39 is 10.7 Å². The molecule has 0 aromatic carbocycles. The van der Waals surface area contributed by atoms with E-state index in [9.17, 15) is 0 Å². The van der Waals surface area contributed by atoms with Gasteiger partial charge in [-0.2, -0.15) is 0 Å². The molecule has 0 saturated heterocycles. The number of nitrogens with zero attached hydrogens (tertiary/aromatic N) is 6. The van der Waals surface area contributed by atoms with E-state index in [0.717, 1.165) is 29.8 Å². The van der Waals surface area contributed by atoms with Gasteiger partial charge in [-0.05, 0) is 0 Å². The van der Waals surface area contributed by atoms with E-state index >= 15 is 0 Å². The minimum atomic E-state index is -5.77. The van der Waals surface area contributed by atoms with Crippen molar-refractivity contribution in [3.63, 3.8) is 0 Å². The summed E-state index contributed by atoms with van der Waals surface area (Å²) in [5.74, 6) is 0. The van der Waals surface area contributed by atoms with Gasteiger partial charge in [0.25, 0.3) is 0 Å². The molecular formula is C6CuK4N6. The van der Waals surface area contributed by atoms with Crippen molar-refractivity contribution in [1.82, 2.24) is 0 Å². The predicted molar refractivity (Wildman–Crippen MR) is 33.7 cm³/mol. The Morgan fingerprint density at radius 1 is 0.412 bits per heavy atom. The number of rotatable bonds is 0. The summed E-state index contributed by atoms with van der Waals surface area (Å²) in [6, 6.07) is 0. The molecule has 69 valence electrons. The first-order chi connectivity index (χ1) is 5.97. The molecule has 0 aliphatic rings. The Labute approximate surface area is 268 Å². The molecule has 0 fully saturated rings. The van der Waals surface area contributed by atoms with Crippen LogP contribution in [0.15, 0.2) is 0 Å². The molecule has 0 aromatic rings. The van der Waals surface area contributed by atoms with Gasteiger partial charge in [0.2, 0.25) is 0 Å². The molecule has 0 spiro atoms. The van der Waals surface area contributed by atoms with E-state index in [1.807, 2.05) is 0 Å². The molecule has 0 saturated carbocycles. The minimum Gasteiger partial charge on any atom is 1.00 e. The van der Waals surface area contributed by atoms with E-state index in [1.165, 1.54) is 0 Å². The maximum absolute atomic E-state index is 8.57. The van der Waals surface area contributed by atoms with Crippen molar-refractivity contribution in [2.75, 3.05) is 0 Å². The second-order valence-corrected chi connectivity index (χ2v) is 6.33. The van der Waals surface area contributed by atoms with Crippen molar-refractivity contribution >= 4 is 0 Å². The fourth-order valence-corrected chi connectivity index (χ4v) is 0.932. The van der Waals surface area contributed by atoms with E-state index in [1.54, 1.807) is 0 Å². The Morgan fingerprint density at radius 3 is 0.529 bits per heavy atom. The van der Waals surface area contributed by atoms with Crippen molar-refractivity contribution in [3.8, 4) is 29.8 Å². The summed E-state index contributed by atoms with van der Waals surface area (Å²) in [6.45, 7) is 0. The second kappa shape index (κ2) is 11.6. The smallest absolute Gasteiger partial charge is 1.00 e. The van der Waals surface area contributed by atoms with Gasteiger partial charge in [0.05, 0.1) is 0 Å². The van der Waals surface area contributed by atoms with Crippen LogP contribution in [0.4, 0.5) is 0 Å². The van der Waals surface area contributed by atoms with Gasteiger partial charge in [-0.3, -0.25) is 0 Å². The Kier molecular flexibility index (Phi) is 22.3. The molecule has 0 aromatic heterocycles. The van der Waals surface area contributed by atoms with Crippen molar-refractivity contribution < 1.29 is 216 Å². The van der Waals surface area contributed by atoms with Crippen molar-refractivity contribution in [2.45, 2.75) is 0 Å². The maximum Gasteiger partial charge on any atom is 1.00 e. The third-order valence-electron chi connectivity index (χ3n) is 1.01. The van der Waals surface area contributed by atoms with E-state index in [2.05, 4.69) is 0 Å². The molecule has 11 heteroatoms. The molecule has 0 aliphatic carbocycles. The van der Waals surface area contributed by atoms with Crippen LogP contribution in [0.2, 0.25) is 0 Å². The van der Waals surface area contributed by atoms with E-state index in [0.29, 0.717) is 0 Å². The third kappa shape index (κ3) is 5.61. The molecule has 0 atom stereocenters. The molecule has 0 heterocycles. The molecule has 0 aliphatic heterocycles. The van der Waals surface area contributed by atoms with Crippen LogP contribution < -0.4 is 206 Å². The van der Waals surface area contributed by atoms with Gasteiger partial charge in [-0.1, -0.05) is 0 Å².